The highest BCUT2D eigenvalue weighted by Gasteiger charge is 2.17. The van der Waals surface area contributed by atoms with Crippen LogP contribution >= 0.6 is 23.2 Å². The average Bonchev–Trinajstić information content (AvgIpc) is 2.77. The maximum Gasteiger partial charge on any atom is 0.225 e. The number of aromatic nitrogens is 2. The monoisotopic (exact) mass is 289 g/mol. The van der Waals surface area contributed by atoms with Gasteiger partial charge in [-0.15, -0.1) is 0 Å². The number of rotatable bonds is 4. The standard InChI is InChI=1S/C11H13Cl2N3O2/c12-8-6-9(16-11(13)14-8)15-10(17)4-3-7-2-1-5-18-7/h6-7H,1-5H2,(H,14,15,16,17). The van der Waals surface area contributed by atoms with Crippen LogP contribution in [0.25, 0.3) is 0 Å². The molecule has 2 heterocycles. The molecule has 1 saturated heterocycles. The van der Waals surface area contributed by atoms with Crippen LogP contribution in [0.2, 0.25) is 10.4 Å². The molecule has 0 spiro atoms. The Kier molecular flexibility index (Phi) is 4.74. The molecule has 1 fully saturated rings. The van der Waals surface area contributed by atoms with Crippen molar-refractivity contribution in [2.75, 3.05) is 11.9 Å². The molecule has 1 aliphatic heterocycles. The van der Waals surface area contributed by atoms with Gasteiger partial charge in [-0.2, -0.15) is 0 Å². The first-order valence-corrected chi connectivity index (χ1v) is 6.50. The normalized spacial score (nSPS) is 18.9. The number of hydrogen-bond donors (Lipinski definition) is 1. The molecule has 0 radical (unpaired) electrons. The van der Waals surface area contributed by atoms with Crippen molar-refractivity contribution in [1.82, 2.24) is 9.97 Å². The van der Waals surface area contributed by atoms with Gasteiger partial charge in [0.05, 0.1) is 6.10 Å². The minimum atomic E-state index is -0.128. The quantitative estimate of drug-likeness (QED) is 0.684. The minimum absolute atomic E-state index is 0.0110. The fourth-order valence-electron chi connectivity index (χ4n) is 1.82. The lowest BCUT2D eigenvalue weighted by molar-refractivity contribution is -0.116. The Morgan fingerprint density at radius 1 is 1.50 bits per heavy atom. The van der Waals surface area contributed by atoms with Crippen LogP contribution in [-0.2, 0) is 9.53 Å². The molecule has 1 aromatic heterocycles. The third kappa shape index (κ3) is 4.08. The molecule has 1 atom stereocenters. The summed E-state index contributed by atoms with van der Waals surface area (Å²) >= 11 is 11.3. The summed E-state index contributed by atoms with van der Waals surface area (Å²) in [6.45, 7) is 0.795. The second kappa shape index (κ2) is 6.31. The summed E-state index contributed by atoms with van der Waals surface area (Å²) in [5, 5.41) is 2.84. The maximum atomic E-state index is 11.7. The van der Waals surface area contributed by atoms with Gasteiger partial charge in [-0.1, -0.05) is 11.6 Å². The number of amides is 1. The van der Waals surface area contributed by atoms with E-state index in [1.165, 1.54) is 6.07 Å². The second-order valence-corrected chi connectivity index (χ2v) is 4.79. The van der Waals surface area contributed by atoms with E-state index in [4.69, 9.17) is 27.9 Å². The van der Waals surface area contributed by atoms with Crippen LogP contribution in [0.5, 0.6) is 0 Å². The van der Waals surface area contributed by atoms with Crippen molar-refractivity contribution in [2.45, 2.75) is 31.8 Å². The molecular formula is C11H13Cl2N3O2. The summed E-state index contributed by atoms with van der Waals surface area (Å²) < 4.78 is 5.44. The van der Waals surface area contributed by atoms with Gasteiger partial charge in [-0.05, 0) is 30.9 Å². The van der Waals surface area contributed by atoms with Gasteiger partial charge >= 0.3 is 0 Å². The molecule has 1 aliphatic rings. The van der Waals surface area contributed by atoms with Crippen LogP contribution in [0.3, 0.4) is 0 Å². The van der Waals surface area contributed by atoms with Crippen molar-refractivity contribution in [1.29, 1.82) is 0 Å². The van der Waals surface area contributed by atoms with Crippen LogP contribution in [0.15, 0.2) is 6.07 Å². The third-order valence-electron chi connectivity index (χ3n) is 2.65. The van der Waals surface area contributed by atoms with Gasteiger partial charge in [0.15, 0.2) is 0 Å². The lowest BCUT2D eigenvalue weighted by atomic mass is 10.1. The Morgan fingerprint density at radius 3 is 3.00 bits per heavy atom. The van der Waals surface area contributed by atoms with Crippen molar-refractivity contribution in [3.63, 3.8) is 0 Å². The Hall–Kier alpha value is -0.910. The second-order valence-electron chi connectivity index (χ2n) is 4.07. The zero-order valence-corrected chi connectivity index (χ0v) is 11.2. The van der Waals surface area contributed by atoms with E-state index in [1.54, 1.807) is 0 Å². The molecule has 0 aromatic carbocycles. The number of nitrogens with one attached hydrogen (secondary N) is 1. The summed E-state index contributed by atoms with van der Waals surface area (Å²) in [5.74, 6) is 0.189. The van der Waals surface area contributed by atoms with Crippen molar-refractivity contribution in [2.24, 2.45) is 0 Å². The van der Waals surface area contributed by atoms with Gasteiger partial charge in [0.2, 0.25) is 11.2 Å². The summed E-state index contributed by atoms with van der Waals surface area (Å²) in [7, 11) is 0. The summed E-state index contributed by atoms with van der Waals surface area (Å²) in [6.07, 6.45) is 3.41. The first kappa shape index (κ1) is 13.5. The molecule has 1 unspecified atom stereocenters. The SMILES string of the molecule is O=C(CCC1CCCO1)Nc1cc(Cl)nc(Cl)n1. The molecule has 98 valence electrons. The van der Waals surface area contributed by atoms with Gasteiger partial charge in [-0.25, -0.2) is 9.97 Å². The topological polar surface area (TPSA) is 64.1 Å². The van der Waals surface area contributed by atoms with Crippen molar-refractivity contribution >= 4 is 34.9 Å². The summed E-state index contributed by atoms with van der Waals surface area (Å²) in [4.78, 5) is 19.2. The molecule has 5 nitrogen and oxygen atoms in total. The van der Waals surface area contributed by atoms with E-state index < -0.39 is 0 Å². The fourth-order valence-corrected chi connectivity index (χ4v) is 2.23. The third-order valence-corrected chi connectivity index (χ3v) is 3.02. The molecule has 1 aromatic rings. The van der Waals surface area contributed by atoms with Gasteiger partial charge in [0, 0.05) is 19.1 Å². The average molecular weight is 290 g/mol. The Balaban J connectivity index is 1.82. The number of halogens is 2. The highest BCUT2D eigenvalue weighted by atomic mass is 35.5. The summed E-state index contributed by atoms with van der Waals surface area (Å²) in [5.41, 5.74) is 0. The number of carbonyl (C=O) groups is 1. The Labute approximate surface area is 115 Å². The Bertz CT molecular complexity index is 416. The van der Waals surface area contributed by atoms with Gasteiger partial charge in [0.1, 0.15) is 11.0 Å². The van der Waals surface area contributed by atoms with E-state index in [9.17, 15) is 4.79 Å². The highest BCUT2D eigenvalue weighted by molar-refractivity contribution is 6.32. The number of ether oxygens (including phenoxy) is 1. The number of anilines is 1. The van der Waals surface area contributed by atoms with E-state index >= 15 is 0 Å². The van der Waals surface area contributed by atoms with Gasteiger partial charge < -0.3 is 10.1 Å². The largest absolute Gasteiger partial charge is 0.378 e. The zero-order valence-electron chi connectivity index (χ0n) is 9.66. The molecule has 18 heavy (non-hydrogen) atoms. The van der Waals surface area contributed by atoms with Gasteiger partial charge in [-0.3, -0.25) is 4.79 Å². The first-order valence-electron chi connectivity index (χ1n) is 5.75. The predicted molar refractivity (Wildman–Crippen MR) is 68.9 cm³/mol. The molecular weight excluding hydrogens is 277 g/mol. The molecule has 2 rings (SSSR count). The van der Waals surface area contributed by atoms with Crippen LogP contribution < -0.4 is 5.32 Å². The molecule has 1 N–H and O–H groups in total. The van der Waals surface area contributed by atoms with Crippen molar-refractivity contribution in [3.8, 4) is 0 Å². The van der Waals surface area contributed by atoms with Crippen molar-refractivity contribution in [3.05, 3.63) is 16.5 Å². The van der Waals surface area contributed by atoms with E-state index in [0.29, 0.717) is 12.2 Å². The highest BCUT2D eigenvalue weighted by Crippen LogP contribution is 2.18. The number of nitrogens with zero attached hydrogens (tertiary/aromatic N) is 2. The molecule has 1 amide bonds. The fraction of sp³-hybridized carbons (Fsp3) is 0.545. The van der Waals surface area contributed by atoms with E-state index in [-0.39, 0.29) is 22.4 Å². The number of hydrogen-bond acceptors (Lipinski definition) is 4. The molecule has 7 heteroatoms. The van der Waals surface area contributed by atoms with Gasteiger partial charge in [0.25, 0.3) is 0 Å². The Morgan fingerprint density at radius 2 is 2.33 bits per heavy atom. The van der Waals surface area contributed by atoms with Crippen LogP contribution in [0.1, 0.15) is 25.7 Å². The van der Waals surface area contributed by atoms with Crippen LogP contribution in [0.4, 0.5) is 5.82 Å². The van der Waals surface area contributed by atoms with Crippen LogP contribution in [-0.4, -0.2) is 28.6 Å². The van der Waals surface area contributed by atoms with Crippen LogP contribution in [0, 0.1) is 0 Å². The predicted octanol–water partition coefficient (Wildman–Crippen LogP) is 2.68. The lowest BCUT2D eigenvalue weighted by Crippen LogP contribution is -2.16. The maximum absolute atomic E-state index is 11.7. The summed E-state index contributed by atoms with van der Waals surface area (Å²) in [6, 6.07) is 1.46. The van der Waals surface area contributed by atoms with E-state index in [0.717, 1.165) is 25.9 Å². The van der Waals surface area contributed by atoms with Crippen molar-refractivity contribution < 1.29 is 9.53 Å². The van der Waals surface area contributed by atoms with E-state index in [1.807, 2.05) is 0 Å². The lowest BCUT2D eigenvalue weighted by Gasteiger charge is -2.09. The molecule has 0 saturated carbocycles. The smallest absolute Gasteiger partial charge is 0.225 e. The molecule has 0 aliphatic carbocycles. The zero-order chi connectivity index (χ0) is 13.0. The number of carbonyl (C=O) groups excluding carboxylic acids is 1. The van der Waals surface area contributed by atoms with E-state index in [2.05, 4.69) is 15.3 Å². The first-order chi connectivity index (χ1) is 8.63. The molecule has 0 bridgehead atoms. The minimum Gasteiger partial charge on any atom is -0.378 e.